The van der Waals surface area contributed by atoms with Crippen LogP contribution in [0.2, 0.25) is 0 Å². The van der Waals surface area contributed by atoms with E-state index < -0.39 is 17.6 Å². The van der Waals surface area contributed by atoms with E-state index in [1.54, 1.807) is 6.92 Å². The zero-order valence-corrected chi connectivity index (χ0v) is 10.8. The number of carboxylic acids is 1. The number of aliphatic hydroxyl groups is 1. The van der Waals surface area contributed by atoms with Crippen LogP contribution < -0.4 is 5.32 Å². The zero-order valence-electron chi connectivity index (χ0n) is 10.8. The molecule has 0 amide bonds. The van der Waals surface area contributed by atoms with Gasteiger partial charge in [0.15, 0.2) is 0 Å². The fourth-order valence-electron chi connectivity index (χ4n) is 1.68. The van der Waals surface area contributed by atoms with Crippen LogP contribution >= 0.6 is 0 Å². The van der Waals surface area contributed by atoms with Crippen molar-refractivity contribution in [3.8, 4) is 0 Å². The fraction of sp³-hybridized carbons (Fsp3) is 0.909. The second-order valence-electron chi connectivity index (χ2n) is 5.18. The Bertz CT molecular complexity index is 227. The molecule has 0 aromatic heterocycles. The summed E-state index contributed by atoms with van der Waals surface area (Å²) in [5, 5.41) is 21.9. The maximum absolute atomic E-state index is 10.9. The molecule has 0 aliphatic carbocycles. The van der Waals surface area contributed by atoms with Crippen LogP contribution in [0.3, 0.4) is 0 Å². The summed E-state index contributed by atoms with van der Waals surface area (Å²) >= 11 is 0. The molecule has 0 bridgehead atoms. The average Bonchev–Trinajstić information content (AvgIpc) is 1.99. The lowest BCUT2D eigenvalue weighted by molar-refractivity contribution is -0.140. The third-order valence-electron chi connectivity index (χ3n) is 2.29. The molecular formula is C11H24N2O3. The number of carboxylic acid groups (broad SMARTS) is 1. The van der Waals surface area contributed by atoms with E-state index >= 15 is 0 Å². The number of likely N-dealkylation sites (N-methyl/N-ethyl adjacent to an activating group) is 1. The number of carbonyl (C=O) groups is 1. The van der Waals surface area contributed by atoms with Gasteiger partial charge in [0.1, 0.15) is 6.04 Å². The maximum atomic E-state index is 10.9. The van der Waals surface area contributed by atoms with Gasteiger partial charge in [0.05, 0.1) is 5.60 Å². The SMILES string of the molecule is CC(C)C(NCC(C)(O)CN(C)C)C(=O)O. The largest absolute Gasteiger partial charge is 0.480 e. The summed E-state index contributed by atoms with van der Waals surface area (Å²) in [4.78, 5) is 12.8. The van der Waals surface area contributed by atoms with E-state index in [0.29, 0.717) is 6.54 Å². The van der Waals surface area contributed by atoms with Crippen molar-refractivity contribution >= 4 is 5.97 Å². The number of hydrogen-bond acceptors (Lipinski definition) is 4. The molecule has 5 heteroatoms. The topological polar surface area (TPSA) is 72.8 Å². The molecule has 0 aliphatic heterocycles. The van der Waals surface area contributed by atoms with Gasteiger partial charge in [-0.25, -0.2) is 0 Å². The van der Waals surface area contributed by atoms with Crippen LogP contribution in [-0.2, 0) is 4.79 Å². The summed E-state index contributed by atoms with van der Waals surface area (Å²) in [6.45, 7) is 6.13. The van der Waals surface area contributed by atoms with E-state index in [-0.39, 0.29) is 12.5 Å². The molecular weight excluding hydrogens is 208 g/mol. The molecule has 0 aromatic rings. The fourth-order valence-corrected chi connectivity index (χ4v) is 1.68. The van der Waals surface area contributed by atoms with Crippen LogP contribution in [0, 0.1) is 5.92 Å². The van der Waals surface area contributed by atoms with E-state index in [0.717, 1.165) is 0 Å². The van der Waals surface area contributed by atoms with E-state index in [1.807, 2.05) is 32.8 Å². The quantitative estimate of drug-likeness (QED) is 0.576. The number of hydrogen-bond donors (Lipinski definition) is 3. The number of aliphatic carboxylic acids is 1. The van der Waals surface area contributed by atoms with Gasteiger partial charge in [-0.3, -0.25) is 4.79 Å². The monoisotopic (exact) mass is 232 g/mol. The molecule has 3 N–H and O–H groups in total. The average molecular weight is 232 g/mol. The van der Waals surface area contributed by atoms with Gasteiger partial charge in [0, 0.05) is 13.1 Å². The molecule has 0 saturated carbocycles. The predicted octanol–water partition coefficient (Wildman–Crippen LogP) is -0.00220. The molecule has 0 fully saturated rings. The molecule has 2 unspecified atom stereocenters. The van der Waals surface area contributed by atoms with Gasteiger partial charge in [-0.2, -0.15) is 0 Å². The van der Waals surface area contributed by atoms with Crippen molar-refractivity contribution in [3.63, 3.8) is 0 Å². The Labute approximate surface area is 97.4 Å². The van der Waals surface area contributed by atoms with Crippen molar-refractivity contribution in [2.45, 2.75) is 32.4 Å². The zero-order chi connectivity index (χ0) is 12.9. The smallest absolute Gasteiger partial charge is 0.320 e. The number of nitrogens with one attached hydrogen (secondary N) is 1. The van der Waals surface area contributed by atoms with E-state index in [2.05, 4.69) is 5.32 Å². The summed E-state index contributed by atoms with van der Waals surface area (Å²) in [5.74, 6) is -0.886. The third kappa shape index (κ3) is 6.05. The molecule has 0 saturated heterocycles. The summed E-state index contributed by atoms with van der Waals surface area (Å²) < 4.78 is 0. The first kappa shape index (κ1) is 15.3. The Balaban J connectivity index is 4.24. The van der Waals surface area contributed by atoms with Crippen LogP contribution in [-0.4, -0.2) is 59.9 Å². The van der Waals surface area contributed by atoms with Crippen LogP contribution in [0.4, 0.5) is 0 Å². The molecule has 2 atom stereocenters. The normalized spacial score (nSPS) is 17.5. The van der Waals surface area contributed by atoms with Crippen LogP contribution in [0.15, 0.2) is 0 Å². The lowest BCUT2D eigenvalue weighted by Crippen LogP contribution is -2.51. The first-order valence-corrected chi connectivity index (χ1v) is 5.49. The minimum atomic E-state index is -0.925. The van der Waals surface area contributed by atoms with Crippen LogP contribution in [0.25, 0.3) is 0 Å². The van der Waals surface area contributed by atoms with Gasteiger partial charge in [-0.05, 0) is 26.9 Å². The summed E-state index contributed by atoms with van der Waals surface area (Å²) in [6, 6.07) is -0.617. The van der Waals surface area contributed by atoms with Crippen molar-refractivity contribution in [3.05, 3.63) is 0 Å². The Kier molecular flexibility index (Phi) is 5.92. The second-order valence-corrected chi connectivity index (χ2v) is 5.18. The lowest BCUT2D eigenvalue weighted by atomic mass is 10.0. The van der Waals surface area contributed by atoms with Crippen molar-refractivity contribution in [1.29, 1.82) is 0 Å². The molecule has 16 heavy (non-hydrogen) atoms. The van der Waals surface area contributed by atoms with E-state index in [4.69, 9.17) is 5.11 Å². The Morgan fingerprint density at radius 2 is 1.94 bits per heavy atom. The molecule has 0 aromatic carbocycles. The molecule has 0 rings (SSSR count). The minimum absolute atomic E-state index is 0.00680. The highest BCUT2D eigenvalue weighted by Gasteiger charge is 2.26. The molecule has 96 valence electrons. The maximum Gasteiger partial charge on any atom is 0.320 e. The van der Waals surface area contributed by atoms with E-state index in [1.165, 1.54) is 0 Å². The van der Waals surface area contributed by atoms with Crippen molar-refractivity contribution < 1.29 is 15.0 Å². The Morgan fingerprint density at radius 1 is 1.44 bits per heavy atom. The van der Waals surface area contributed by atoms with Crippen LogP contribution in [0.1, 0.15) is 20.8 Å². The van der Waals surface area contributed by atoms with Crippen molar-refractivity contribution in [2.24, 2.45) is 5.92 Å². The minimum Gasteiger partial charge on any atom is -0.480 e. The van der Waals surface area contributed by atoms with Gasteiger partial charge in [0.2, 0.25) is 0 Å². The summed E-state index contributed by atoms with van der Waals surface area (Å²) in [6.07, 6.45) is 0. The highest BCUT2D eigenvalue weighted by molar-refractivity contribution is 5.73. The molecule has 0 aliphatic rings. The molecule has 0 heterocycles. The van der Waals surface area contributed by atoms with Crippen molar-refractivity contribution in [1.82, 2.24) is 10.2 Å². The highest BCUT2D eigenvalue weighted by Crippen LogP contribution is 2.06. The predicted molar refractivity (Wildman–Crippen MR) is 63.4 cm³/mol. The van der Waals surface area contributed by atoms with Gasteiger partial charge in [-0.15, -0.1) is 0 Å². The number of rotatable bonds is 7. The number of nitrogens with zero attached hydrogens (tertiary/aromatic N) is 1. The van der Waals surface area contributed by atoms with Gasteiger partial charge < -0.3 is 20.4 Å². The van der Waals surface area contributed by atoms with Gasteiger partial charge >= 0.3 is 5.97 Å². The first-order chi connectivity index (χ1) is 7.15. The lowest BCUT2D eigenvalue weighted by Gasteiger charge is -2.29. The third-order valence-corrected chi connectivity index (χ3v) is 2.29. The van der Waals surface area contributed by atoms with Gasteiger partial charge in [-0.1, -0.05) is 13.8 Å². The summed E-state index contributed by atoms with van der Waals surface area (Å²) in [7, 11) is 3.73. The second kappa shape index (κ2) is 6.18. The first-order valence-electron chi connectivity index (χ1n) is 5.49. The molecule has 5 nitrogen and oxygen atoms in total. The van der Waals surface area contributed by atoms with Crippen molar-refractivity contribution in [2.75, 3.05) is 27.2 Å². The van der Waals surface area contributed by atoms with Crippen LogP contribution in [0.5, 0.6) is 0 Å². The van der Waals surface area contributed by atoms with E-state index in [9.17, 15) is 9.90 Å². The Hall–Kier alpha value is -0.650. The molecule has 0 radical (unpaired) electrons. The Morgan fingerprint density at radius 3 is 2.25 bits per heavy atom. The highest BCUT2D eigenvalue weighted by atomic mass is 16.4. The summed E-state index contributed by atoms with van der Waals surface area (Å²) in [5.41, 5.74) is -0.925. The molecule has 0 spiro atoms. The van der Waals surface area contributed by atoms with Gasteiger partial charge in [0.25, 0.3) is 0 Å². The standard InChI is InChI=1S/C11H24N2O3/c1-8(2)9(10(14)15)12-6-11(3,16)7-13(4)5/h8-9,12,16H,6-7H2,1-5H3,(H,14,15).